The van der Waals surface area contributed by atoms with E-state index in [0.29, 0.717) is 6.04 Å². The zero-order valence-electron chi connectivity index (χ0n) is 5.47. The molecule has 0 bridgehead atoms. The lowest BCUT2D eigenvalue weighted by atomic mass is 10.2. The Bertz CT molecular complexity index is 226. The van der Waals surface area contributed by atoms with Crippen molar-refractivity contribution in [3.63, 3.8) is 0 Å². The van der Waals surface area contributed by atoms with Gasteiger partial charge in [-0.05, 0) is 17.7 Å². The van der Waals surface area contributed by atoms with Gasteiger partial charge in [-0.2, -0.15) is 0 Å². The van der Waals surface area contributed by atoms with Crippen LogP contribution in [0.4, 0.5) is 0 Å². The highest BCUT2D eigenvalue weighted by molar-refractivity contribution is 9.10. The van der Waals surface area contributed by atoms with Crippen LogP contribution in [0.25, 0.3) is 0 Å². The molecule has 1 aromatic rings. The minimum Gasteiger partial charge on any atom is -0.307 e. The summed E-state index contributed by atoms with van der Waals surface area (Å²) in [5, 5.41) is 3.25. The third kappa shape index (κ3) is 1.22. The number of nitrogens with one attached hydrogen (secondary N) is 1. The fourth-order valence-electron chi connectivity index (χ4n) is 0.990. The van der Waals surface area contributed by atoms with Gasteiger partial charge in [0, 0.05) is 17.1 Å². The zero-order valence-corrected chi connectivity index (χ0v) is 7.06. The first-order valence-corrected chi connectivity index (χ1v) is 4.14. The number of hydrogen-bond donors (Lipinski definition) is 1. The SMILES string of the molecule is Brc1ccc([C@@H]2CN2)cc1. The highest BCUT2D eigenvalue weighted by Crippen LogP contribution is 2.22. The molecule has 0 spiro atoms. The van der Waals surface area contributed by atoms with Crippen LogP contribution in [0.5, 0.6) is 0 Å². The van der Waals surface area contributed by atoms with Crippen molar-refractivity contribution in [3.8, 4) is 0 Å². The molecule has 10 heavy (non-hydrogen) atoms. The Kier molecular flexibility index (Phi) is 1.51. The van der Waals surface area contributed by atoms with Crippen LogP contribution in [-0.4, -0.2) is 6.54 Å². The van der Waals surface area contributed by atoms with Crippen LogP contribution in [0.3, 0.4) is 0 Å². The van der Waals surface area contributed by atoms with Gasteiger partial charge in [0.1, 0.15) is 0 Å². The van der Waals surface area contributed by atoms with Crippen LogP contribution in [0, 0.1) is 0 Å². The molecule has 1 aromatic carbocycles. The Morgan fingerprint density at radius 3 is 2.40 bits per heavy atom. The van der Waals surface area contributed by atoms with Crippen molar-refractivity contribution in [2.24, 2.45) is 0 Å². The zero-order chi connectivity index (χ0) is 6.97. The second-order valence-electron chi connectivity index (χ2n) is 2.51. The van der Waals surface area contributed by atoms with Crippen LogP contribution < -0.4 is 5.32 Å². The molecular weight excluding hydrogens is 190 g/mol. The van der Waals surface area contributed by atoms with Gasteiger partial charge in [-0.1, -0.05) is 28.1 Å². The molecule has 1 aliphatic heterocycles. The molecule has 2 rings (SSSR count). The van der Waals surface area contributed by atoms with Gasteiger partial charge in [-0.3, -0.25) is 0 Å². The molecule has 1 nitrogen and oxygen atoms in total. The summed E-state index contributed by atoms with van der Waals surface area (Å²) in [7, 11) is 0. The minimum atomic E-state index is 0.632. The average Bonchev–Trinajstić information content (AvgIpc) is 2.71. The molecule has 0 amide bonds. The lowest BCUT2D eigenvalue weighted by molar-refractivity contribution is 1.08. The maximum absolute atomic E-state index is 3.39. The predicted octanol–water partition coefficient (Wildman–Crippen LogP) is 2.09. The predicted molar refractivity (Wildman–Crippen MR) is 44.9 cm³/mol. The molecule has 0 unspecified atom stereocenters. The fraction of sp³-hybridized carbons (Fsp3) is 0.250. The van der Waals surface area contributed by atoms with Gasteiger partial charge in [-0.15, -0.1) is 0 Å². The van der Waals surface area contributed by atoms with Gasteiger partial charge in [0.05, 0.1) is 0 Å². The molecule has 0 aliphatic carbocycles. The van der Waals surface area contributed by atoms with Gasteiger partial charge in [0.25, 0.3) is 0 Å². The molecule has 1 heterocycles. The second-order valence-corrected chi connectivity index (χ2v) is 3.43. The van der Waals surface area contributed by atoms with E-state index in [1.807, 2.05) is 0 Å². The van der Waals surface area contributed by atoms with E-state index in [9.17, 15) is 0 Å². The summed E-state index contributed by atoms with van der Waals surface area (Å²) < 4.78 is 1.15. The lowest BCUT2D eigenvalue weighted by Gasteiger charge is -1.94. The van der Waals surface area contributed by atoms with Crippen molar-refractivity contribution >= 4 is 15.9 Å². The van der Waals surface area contributed by atoms with Crippen molar-refractivity contribution in [3.05, 3.63) is 34.3 Å². The Hall–Kier alpha value is -0.340. The molecule has 2 heteroatoms. The highest BCUT2D eigenvalue weighted by atomic mass is 79.9. The van der Waals surface area contributed by atoms with Crippen molar-refractivity contribution in [1.82, 2.24) is 5.32 Å². The molecule has 1 saturated heterocycles. The first-order valence-electron chi connectivity index (χ1n) is 3.35. The molecule has 1 aliphatic rings. The fourth-order valence-corrected chi connectivity index (χ4v) is 1.25. The third-order valence-corrected chi connectivity index (χ3v) is 2.21. The summed E-state index contributed by atoms with van der Waals surface area (Å²) in [6.07, 6.45) is 0. The summed E-state index contributed by atoms with van der Waals surface area (Å²) in [6.45, 7) is 1.14. The van der Waals surface area contributed by atoms with E-state index in [-0.39, 0.29) is 0 Å². The summed E-state index contributed by atoms with van der Waals surface area (Å²) in [6, 6.07) is 9.09. The van der Waals surface area contributed by atoms with Gasteiger partial charge >= 0.3 is 0 Å². The third-order valence-electron chi connectivity index (χ3n) is 1.68. The number of halogens is 1. The van der Waals surface area contributed by atoms with Gasteiger partial charge in [0.2, 0.25) is 0 Å². The largest absolute Gasteiger partial charge is 0.307 e. The van der Waals surface area contributed by atoms with Crippen LogP contribution >= 0.6 is 15.9 Å². The summed E-state index contributed by atoms with van der Waals surface area (Å²) in [5.41, 5.74) is 1.39. The molecule has 1 N–H and O–H groups in total. The Balaban J connectivity index is 2.28. The van der Waals surface area contributed by atoms with Crippen molar-refractivity contribution in [2.45, 2.75) is 6.04 Å². The molecular formula is C8H8BrN. The van der Waals surface area contributed by atoms with Gasteiger partial charge in [-0.25, -0.2) is 0 Å². The number of hydrogen-bond acceptors (Lipinski definition) is 1. The smallest absolute Gasteiger partial charge is 0.0447 e. The summed E-state index contributed by atoms with van der Waals surface area (Å²) >= 11 is 3.39. The standard InChI is InChI=1S/C8H8BrN/c9-7-3-1-6(2-4-7)8-5-10-8/h1-4,8,10H,5H2/t8-/m0/s1. The first-order chi connectivity index (χ1) is 4.86. The Morgan fingerprint density at radius 2 is 1.90 bits per heavy atom. The first kappa shape index (κ1) is 6.38. The van der Waals surface area contributed by atoms with E-state index in [1.165, 1.54) is 5.56 Å². The van der Waals surface area contributed by atoms with Crippen molar-refractivity contribution < 1.29 is 0 Å². The van der Waals surface area contributed by atoms with Crippen molar-refractivity contribution in [2.75, 3.05) is 6.54 Å². The second kappa shape index (κ2) is 2.36. The van der Waals surface area contributed by atoms with E-state index in [2.05, 4.69) is 45.5 Å². The average molecular weight is 198 g/mol. The summed E-state index contributed by atoms with van der Waals surface area (Å²) in [5.74, 6) is 0. The molecule has 52 valence electrons. The van der Waals surface area contributed by atoms with E-state index >= 15 is 0 Å². The lowest BCUT2D eigenvalue weighted by Crippen LogP contribution is -1.81. The van der Waals surface area contributed by atoms with Gasteiger partial charge < -0.3 is 5.32 Å². The molecule has 1 fully saturated rings. The molecule has 0 saturated carbocycles. The molecule has 1 atom stereocenters. The van der Waals surface area contributed by atoms with E-state index in [4.69, 9.17) is 0 Å². The summed E-state index contributed by atoms with van der Waals surface area (Å²) in [4.78, 5) is 0. The monoisotopic (exact) mass is 197 g/mol. The van der Waals surface area contributed by atoms with E-state index in [1.54, 1.807) is 0 Å². The maximum Gasteiger partial charge on any atom is 0.0447 e. The van der Waals surface area contributed by atoms with Crippen LogP contribution in [0.1, 0.15) is 11.6 Å². The quantitative estimate of drug-likeness (QED) is 0.685. The van der Waals surface area contributed by atoms with E-state index < -0.39 is 0 Å². The number of benzene rings is 1. The molecule has 0 radical (unpaired) electrons. The Morgan fingerprint density at radius 1 is 1.30 bits per heavy atom. The minimum absolute atomic E-state index is 0.632. The molecule has 0 aromatic heterocycles. The Labute approximate surface area is 68.6 Å². The topological polar surface area (TPSA) is 21.9 Å². The van der Waals surface area contributed by atoms with Crippen LogP contribution in [-0.2, 0) is 0 Å². The van der Waals surface area contributed by atoms with Crippen LogP contribution in [0.15, 0.2) is 28.7 Å². The normalized spacial score (nSPS) is 22.7. The van der Waals surface area contributed by atoms with Crippen LogP contribution in [0.2, 0.25) is 0 Å². The van der Waals surface area contributed by atoms with E-state index in [0.717, 1.165) is 11.0 Å². The van der Waals surface area contributed by atoms with Crippen molar-refractivity contribution in [1.29, 1.82) is 0 Å². The maximum atomic E-state index is 3.39. The highest BCUT2D eigenvalue weighted by Gasteiger charge is 2.21. The number of rotatable bonds is 1. The van der Waals surface area contributed by atoms with Gasteiger partial charge in [0.15, 0.2) is 0 Å².